The van der Waals surface area contributed by atoms with Gasteiger partial charge in [-0.25, -0.2) is 4.79 Å². The molecule has 8 heteroatoms. The van der Waals surface area contributed by atoms with E-state index < -0.39 is 0 Å². The Balaban J connectivity index is 1.73. The van der Waals surface area contributed by atoms with Crippen LogP contribution in [0.1, 0.15) is 58.8 Å². The van der Waals surface area contributed by atoms with Crippen molar-refractivity contribution < 1.29 is 14.4 Å². The van der Waals surface area contributed by atoms with Gasteiger partial charge in [0.15, 0.2) is 0 Å². The van der Waals surface area contributed by atoms with Gasteiger partial charge in [-0.2, -0.15) is 0 Å². The summed E-state index contributed by atoms with van der Waals surface area (Å²) in [5.41, 5.74) is 1.19. The fourth-order valence-electron chi connectivity index (χ4n) is 4.48. The third-order valence-electron chi connectivity index (χ3n) is 5.94. The molecule has 2 heterocycles. The second-order valence-corrected chi connectivity index (χ2v) is 10.7. The number of rotatable bonds is 5. The molecule has 164 valence electrons. The zero-order chi connectivity index (χ0) is 21.7. The first kappa shape index (κ1) is 23.0. The normalized spacial score (nSPS) is 20.3. The Bertz CT molecular complexity index is 814. The lowest BCUT2D eigenvalue weighted by Gasteiger charge is -2.42. The quantitative estimate of drug-likeness (QED) is 0.570. The van der Waals surface area contributed by atoms with Gasteiger partial charge in [0.2, 0.25) is 5.91 Å². The molecule has 1 aromatic heterocycles. The van der Waals surface area contributed by atoms with Crippen LogP contribution in [0, 0.1) is 0 Å². The second-order valence-electron chi connectivity index (χ2n) is 8.19. The Morgan fingerprint density at radius 3 is 2.43 bits per heavy atom. The molecule has 1 N–H and O–H groups in total. The lowest BCUT2D eigenvalue weighted by Crippen LogP contribution is -2.53. The zero-order valence-corrected chi connectivity index (χ0v) is 20.1. The van der Waals surface area contributed by atoms with Crippen LogP contribution in [0.2, 0.25) is 0 Å². The Morgan fingerprint density at radius 2 is 1.83 bits per heavy atom. The van der Waals surface area contributed by atoms with Crippen LogP contribution in [0.4, 0.5) is 9.80 Å². The molecule has 3 rings (SSSR count). The highest BCUT2D eigenvalue weighted by Gasteiger charge is 2.34. The van der Waals surface area contributed by atoms with Crippen LogP contribution in [-0.2, 0) is 9.59 Å². The molecule has 1 saturated heterocycles. The number of anilines is 1. The predicted molar refractivity (Wildman–Crippen MR) is 124 cm³/mol. The Labute approximate surface area is 190 Å². The molecule has 6 nitrogen and oxygen atoms in total. The van der Waals surface area contributed by atoms with Gasteiger partial charge in [-0.3, -0.25) is 14.9 Å². The van der Waals surface area contributed by atoms with Gasteiger partial charge in [0, 0.05) is 38.5 Å². The van der Waals surface area contributed by atoms with Crippen molar-refractivity contribution >= 4 is 50.0 Å². The number of carbonyl (C=O) groups is 3. The monoisotopic (exact) mass is 495 g/mol. The van der Waals surface area contributed by atoms with E-state index >= 15 is 0 Å². The minimum atomic E-state index is -0.0642. The van der Waals surface area contributed by atoms with Gasteiger partial charge in [0.25, 0.3) is 0 Å². The number of carbonyl (C=O) groups excluding carboxylic acids is 3. The number of urea groups is 1. The third kappa shape index (κ3) is 6.17. The maximum absolute atomic E-state index is 13.4. The molecule has 0 saturated carbocycles. The van der Waals surface area contributed by atoms with Crippen molar-refractivity contribution in [1.82, 2.24) is 9.80 Å². The van der Waals surface area contributed by atoms with Crippen LogP contribution in [-0.4, -0.2) is 52.7 Å². The molecule has 0 radical (unpaired) electrons. The van der Waals surface area contributed by atoms with E-state index in [1.165, 1.54) is 16.9 Å². The summed E-state index contributed by atoms with van der Waals surface area (Å²) in [4.78, 5) is 40.5. The number of hydrogen-bond acceptors (Lipinski definition) is 4. The van der Waals surface area contributed by atoms with Gasteiger partial charge in [0.1, 0.15) is 5.78 Å². The lowest BCUT2D eigenvalue weighted by molar-refractivity contribution is -0.130. The summed E-state index contributed by atoms with van der Waals surface area (Å²) in [6.45, 7) is 4.61. The highest BCUT2D eigenvalue weighted by molar-refractivity contribution is 9.11. The van der Waals surface area contributed by atoms with Gasteiger partial charge >= 0.3 is 6.03 Å². The Kier molecular flexibility index (Phi) is 8.11. The summed E-state index contributed by atoms with van der Waals surface area (Å²) in [5, 5.41) is 3.90. The number of Topliss-reactive ketones (excluding diaryl/α,β-unsaturated/α-hetero) is 1. The van der Waals surface area contributed by atoms with Gasteiger partial charge in [-0.1, -0.05) is 11.6 Å². The molecular weight excluding hydrogens is 466 g/mol. The molecule has 0 aromatic carbocycles. The summed E-state index contributed by atoms with van der Waals surface area (Å²) in [6.07, 6.45) is 7.80. The number of hydrogen-bond donors (Lipinski definition) is 1. The first-order valence-electron chi connectivity index (χ1n) is 10.6. The smallest absolute Gasteiger partial charge is 0.322 e. The van der Waals surface area contributed by atoms with E-state index in [4.69, 9.17) is 0 Å². The molecule has 1 aliphatic heterocycles. The second kappa shape index (κ2) is 10.6. The number of nitrogens with one attached hydrogen (secondary N) is 1. The average Bonchev–Trinajstić information content (AvgIpc) is 2.96. The number of ketones is 1. The van der Waals surface area contributed by atoms with E-state index in [1.807, 2.05) is 21.9 Å². The highest BCUT2D eigenvalue weighted by Crippen LogP contribution is 2.31. The first-order chi connectivity index (χ1) is 14.3. The van der Waals surface area contributed by atoms with Gasteiger partial charge in [0.05, 0.1) is 8.79 Å². The third-order valence-corrected chi connectivity index (χ3v) is 7.48. The predicted octanol–water partition coefficient (Wildman–Crippen LogP) is 5.20. The number of amides is 3. The number of thiophene rings is 1. The standard InChI is InChI=1S/C22H30BrN3O3S/c1-15(27)14-17-4-3-5-18(7-6-17)26(19-10-12-25(13-11-19)16(2)28)22(29)24-21-9-8-20(23)30-21/h4,8-9,18-19H,3,5-7,10-14H2,1-2H3,(H,24,29). The summed E-state index contributed by atoms with van der Waals surface area (Å²) in [5.74, 6) is 0.287. The van der Waals surface area contributed by atoms with E-state index in [9.17, 15) is 14.4 Å². The molecule has 1 unspecified atom stereocenters. The number of likely N-dealkylation sites (tertiary alicyclic amines) is 1. The number of nitrogens with zero attached hydrogens (tertiary/aromatic N) is 2. The first-order valence-corrected chi connectivity index (χ1v) is 12.2. The van der Waals surface area contributed by atoms with E-state index in [-0.39, 0.29) is 29.8 Å². The molecular formula is C22H30BrN3O3S. The van der Waals surface area contributed by atoms with Crippen molar-refractivity contribution in [1.29, 1.82) is 0 Å². The summed E-state index contributed by atoms with van der Waals surface area (Å²) in [6, 6.07) is 4.01. The van der Waals surface area contributed by atoms with Crippen molar-refractivity contribution in [2.24, 2.45) is 0 Å². The SMILES string of the molecule is CC(=O)CC1=CCCC(N(C(=O)Nc2ccc(Br)s2)C2CCN(C(C)=O)CC2)CC1. The molecule has 0 spiro atoms. The summed E-state index contributed by atoms with van der Waals surface area (Å²) in [7, 11) is 0. The maximum atomic E-state index is 13.4. The highest BCUT2D eigenvalue weighted by atomic mass is 79.9. The van der Waals surface area contributed by atoms with Crippen molar-refractivity contribution in [3.8, 4) is 0 Å². The van der Waals surface area contributed by atoms with Crippen LogP contribution in [0.15, 0.2) is 27.6 Å². The van der Waals surface area contributed by atoms with Crippen LogP contribution in [0.25, 0.3) is 0 Å². The number of halogens is 1. The van der Waals surface area contributed by atoms with Crippen LogP contribution in [0.5, 0.6) is 0 Å². The van der Waals surface area contributed by atoms with Crippen molar-refractivity contribution in [3.63, 3.8) is 0 Å². The van der Waals surface area contributed by atoms with E-state index in [0.29, 0.717) is 19.5 Å². The minimum Gasteiger partial charge on any atom is -0.343 e. The van der Waals surface area contributed by atoms with Gasteiger partial charge in [-0.15, -0.1) is 11.3 Å². The summed E-state index contributed by atoms with van der Waals surface area (Å²) >= 11 is 4.95. The lowest BCUT2D eigenvalue weighted by atomic mass is 9.97. The maximum Gasteiger partial charge on any atom is 0.322 e. The topological polar surface area (TPSA) is 69.7 Å². The van der Waals surface area contributed by atoms with Crippen LogP contribution >= 0.6 is 27.3 Å². The molecule has 1 aromatic rings. The van der Waals surface area contributed by atoms with E-state index in [0.717, 1.165) is 47.3 Å². The van der Waals surface area contributed by atoms with Crippen molar-refractivity contribution in [3.05, 3.63) is 27.6 Å². The van der Waals surface area contributed by atoms with E-state index in [1.54, 1.807) is 13.8 Å². The largest absolute Gasteiger partial charge is 0.343 e. The molecule has 3 amide bonds. The molecule has 0 bridgehead atoms. The van der Waals surface area contributed by atoms with Crippen molar-refractivity contribution in [2.45, 2.75) is 70.9 Å². The fraction of sp³-hybridized carbons (Fsp3) is 0.591. The summed E-state index contributed by atoms with van der Waals surface area (Å²) < 4.78 is 0.978. The zero-order valence-electron chi connectivity index (χ0n) is 17.7. The Hall–Kier alpha value is -1.67. The van der Waals surface area contributed by atoms with Gasteiger partial charge < -0.3 is 9.80 Å². The van der Waals surface area contributed by atoms with Crippen LogP contribution in [0.3, 0.4) is 0 Å². The van der Waals surface area contributed by atoms with Crippen molar-refractivity contribution in [2.75, 3.05) is 18.4 Å². The fourth-order valence-corrected chi connectivity index (χ4v) is 5.75. The average molecular weight is 496 g/mol. The van der Waals surface area contributed by atoms with Crippen LogP contribution < -0.4 is 5.32 Å². The number of piperidine rings is 1. The van der Waals surface area contributed by atoms with E-state index in [2.05, 4.69) is 27.3 Å². The molecule has 1 fully saturated rings. The molecule has 30 heavy (non-hydrogen) atoms. The molecule has 1 atom stereocenters. The number of allylic oxidation sites excluding steroid dienone is 2. The molecule has 2 aliphatic rings. The Morgan fingerprint density at radius 1 is 1.13 bits per heavy atom. The minimum absolute atomic E-state index is 0.0642. The molecule has 1 aliphatic carbocycles. The van der Waals surface area contributed by atoms with Gasteiger partial charge in [-0.05, 0) is 73.5 Å².